The fourth-order valence-corrected chi connectivity index (χ4v) is 2.95. The lowest BCUT2D eigenvalue weighted by molar-refractivity contribution is -0.149. The Balaban J connectivity index is 2.39. The molecule has 2 rings (SSSR count). The number of carbonyl (C=O) groups excluding carboxylic acids is 2. The minimum atomic E-state index is -0.412. The van der Waals surface area contributed by atoms with Crippen molar-refractivity contribution in [3.8, 4) is 0 Å². The first-order valence-corrected chi connectivity index (χ1v) is 7.28. The summed E-state index contributed by atoms with van der Waals surface area (Å²) in [7, 11) is 0. The summed E-state index contributed by atoms with van der Waals surface area (Å²) in [5.74, 6) is -1.05. The average molecular weight is 290 g/mol. The normalized spacial score (nSPS) is 34.9. The Morgan fingerprint density at radius 3 is 2.76 bits per heavy atom. The molecule has 0 aromatic rings. The highest BCUT2D eigenvalue weighted by molar-refractivity contribution is 5.91. The molecule has 2 aliphatic rings. The number of esters is 2. The van der Waals surface area contributed by atoms with E-state index in [9.17, 15) is 9.59 Å². The Labute approximate surface area is 125 Å². The smallest absolute Gasteiger partial charge is 0.334 e. The molecular weight excluding hydrogens is 268 g/mol. The monoisotopic (exact) mass is 290 g/mol. The third-order valence-electron chi connectivity index (χ3n) is 3.98. The zero-order chi connectivity index (χ0) is 15.6. The average Bonchev–Trinajstić information content (AvgIpc) is 2.62. The zero-order valence-electron chi connectivity index (χ0n) is 12.8. The van der Waals surface area contributed by atoms with Crippen molar-refractivity contribution in [3.63, 3.8) is 0 Å². The summed E-state index contributed by atoms with van der Waals surface area (Å²) in [6.07, 6.45) is 5.80. The molecule has 0 bridgehead atoms. The molecule has 4 heteroatoms. The van der Waals surface area contributed by atoms with E-state index in [0.29, 0.717) is 12.0 Å². The van der Waals surface area contributed by atoms with Crippen molar-refractivity contribution in [2.75, 3.05) is 0 Å². The zero-order valence-corrected chi connectivity index (χ0v) is 12.8. The summed E-state index contributed by atoms with van der Waals surface area (Å²) in [6.45, 7) is 9.27. The molecule has 3 atom stereocenters. The van der Waals surface area contributed by atoms with Crippen LogP contribution in [0.1, 0.15) is 40.0 Å². The fourth-order valence-electron chi connectivity index (χ4n) is 2.95. The number of fused-ring (bicyclic) bond motifs is 1. The molecule has 1 heterocycles. The number of carbonyl (C=O) groups is 2. The van der Waals surface area contributed by atoms with Gasteiger partial charge in [0.15, 0.2) is 0 Å². The second-order valence-corrected chi connectivity index (χ2v) is 5.88. The molecule has 3 unspecified atom stereocenters. The standard InChI is InChI=1S/C17H22O4/c1-10-6-5-7-11(2)9-15-16(12(3)17(19)21-15)14(8-10)20-13(4)18/h6,9,14-16H,3,5,7-8H2,1-2,4H3/b10-6-,11-9+. The van der Waals surface area contributed by atoms with Gasteiger partial charge in [0.2, 0.25) is 0 Å². The summed E-state index contributed by atoms with van der Waals surface area (Å²) >= 11 is 0. The highest BCUT2D eigenvalue weighted by Gasteiger charge is 2.44. The molecule has 0 aromatic carbocycles. The first-order valence-electron chi connectivity index (χ1n) is 7.28. The van der Waals surface area contributed by atoms with E-state index in [1.165, 1.54) is 12.5 Å². The summed E-state index contributed by atoms with van der Waals surface area (Å²) in [5, 5.41) is 0. The van der Waals surface area contributed by atoms with Gasteiger partial charge in [-0.05, 0) is 32.8 Å². The Morgan fingerprint density at radius 1 is 1.38 bits per heavy atom. The van der Waals surface area contributed by atoms with Crippen LogP contribution in [-0.2, 0) is 19.1 Å². The number of ether oxygens (including phenoxy) is 2. The molecule has 4 nitrogen and oxygen atoms in total. The SMILES string of the molecule is C=C1C(=O)OC2/C=C(\C)CC/C=C(/C)CC(OC(C)=O)C12. The predicted octanol–water partition coefficient (Wildman–Crippen LogP) is 3.09. The number of rotatable bonds is 1. The summed E-state index contributed by atoms with van der Waals surface area (Å²) in [5.41, 5.74) is 2.71. The van der Waals surface area contributed by atoms with Crippen LogP contribution < -0.4 is 0 Å². The van der Waals surface area contributed by atoms with E-state index in [0.717, 1.165) is 18.4 Å². The van der Waals surface area contributed by atoms with Gasteiger partial charge >= 0.3 is 11.9 Å². The number of hydrogen-bond donors (Lipinski definition) is 0. The van der Waals surface area contributed by atoms with E-state index in [4.69, 9.17) is 9.47 Å². The van der Waals surface area contributed by atoms with Crippen LogP contribution in [0.15, 0.2) is 35.5 Å². The predicted molar refractivity (Wildman–Crippen MR) is 79.4 cm³/mol. The first-order chi connectivity index (χ1) is 9.88. The van der Waals surface area contributed by atoms with Gasteiger partial charge in [0.25, 0.3) is 0 Å². The van der Waals surface area contributed by atoms with E-state index in [1.54, 1.807) is 0 Å². The third kappa shape index (κ3) is 3.63. The Kier molecular flexibility index (Phi) is 4.66. The molecule has 114 valence electrons. The van der Waals surface area contributed by atoms with Crippen molar-refractivity contribution < 1.29 is 19.1 Å². The summed E-state index contributed by atoms with van der Waals surface area (Å²) in [6, 6.07) is 0. The lowest BCUT2D eigenvalue weighted by atomic mass is 9.85. The highest BCUT2D eigenvalue weighted by Crippen LogP contribution is 2.36. The van der Waals surface area contributed by atoms with Crippen molar-refractivity contribution in [2.45, 2.75) is 52.2 Å². The maximum Gasteiger partial charge on any atom is 0.334 e. The quantitative estimate of drug-likeness (QED) is 0.423. The maximum absolute atomic E-state index is 11.9. The first kappa shape index (κ1) is 15.5. The molecule has 0 N–H and O–H groups in total. The number of allylic oxidation sites excluding steroid dienone is 2. The van der Waals surface area contributed by atoms with E-state index in [1.807, 2.05) is 19.9 Å². The molecule has 0 spiro atoms. The third-order valence-corrected chi connectivity index (χ3v) is 3.98. The molecule has 1 fully saturated rings. The molecule has 1 saturated heterocycles. The largest absolute Gasteiger partial charge is 0.461 e. The summed E-state index contributed by atoms with van der Waals surface area (Å²) < 4.78 is 10.9. The van der Waals surface area contributed by atoms with Gasteiger partial charge in [0, 0.05) is 18.9 Å². The molecule has 1 aliphatic carbocycles. The molecule has 0 amide bonds. The Morgan fingerprint density at radius 2 is 2.10 bits per heavy atom. The van der Waals surface area contributed by atoms with Gasteiger partial charge in [-0.25, -0.2) is 4.79 Å². The van der Waals surface area contributed by atoms with Crippen LogP contribution in [0.25, 0.3) is 0 Å². The van der Waals surface area contributed by atoms with Crippen LogP contribution in [0.2, 0.25) is 0 Å². The summed E-state index contributed by atoms with van der Waals surface area (Å²) in [4.78, 5) is 23.2. The van der Waals surface area contributed by atoms with E-state index >= 15 is 0 Å². The van der Waals surface area contributed by atoms with Gasteiger partial charge < -0.3 is 9.47 Å². The van der Waals surface area contributed by atoms with Gasteiger partial charge in [0.1, 0.15) is 12.2 Å². The van der Waals surface area contributed by atoms with Crippen LogP contribution in [-0.4, -0.2) is 24.1 Å². The van der Waals surface area contributed by atoms with Crippen molar-refractivity contribution in [2.24, 2.45) is 5.92 Å². The van der Waals surface area contributed by atoms with Crippen LogP contribution in [0.3, 0.4) is 0 Å². The van der Waals surface area contributed by atoms with Crippen LogP contribution in [0, 0.1) is 5.92 Å². The molecule has 0 saturated carbocycles. The Bertz CT molecular complexity index is 527. The van der Waals surface area contributed by atoms with E-state index in [2.05, 4.69) is 12.7 Å². The van der Waals surface area contributed by atoms with Crippen molar-refractivity contribution >= 4 is 11.9 Å². The topological polar surface area (TPSA) is 52.6 Å². The van der Waals surface area contributed by atoms with E-state index in [-0.39, 0.29) is 18.0 Å². The maximum atomic E-state index is 11.9. The minimum absolute atomic E-state index is 0.308. The Hall–Kier alpha value is -1.84. The van der Waals surface area contributed by atoms with Crippen LogP contribution in [0.5, 0.6) is 0 Å². The van der Waals surface area contributed by atoms with Crippen molar-refractivity contribution in [1.29, 1.82) is 0 Å². The molecule has 0 radical (unpaired) electrons. The van der Waals surface area contributed by atoms with Gasteiger partial charge in [-0.15, -0.1) is 0 Å². The molecule has 1 aliphatic heterocycles. The second-order valence-electron chi connectivity index (χ2n) is 5.88. The molecule has 21 heavy (non-hydrogen) atoms. The fraction of sp³-hybridized carbons (Fsp3) is 0.529. The van der Waals surface area contributed by atoms with Crippen molar-refractivity contribution in [1.82, 2.24) is 0 Å². The second kappa shape index (κ2) is 6.29. The van der Waals surface area contributed by atoms with E-state index < -0.39 is 12.1 Å². The van der Waals surface area contributed by atoms with Gasteiger partial charge in [-0.1, -0.05) is 23.8 Å². The lowest BCUT2D eigenvalue weighted by Crippen LogP contribution is -2.32. The minimum Gasteiger partial charge on any atom is -0.461 e. The van der Waals surface area contributed by atoms with Crippen molar-refractivity contribution in [3.05, 3.63) is 35.5 Å². The highest BCUT2D eigenvalue weighted by atomic mass is 16.6. The number of hydrogen-bond acceptors (Lipinski definition) is 4. The lowest BCUT2D eigenvalue weighted by Gasteiger charge is -2.26. The molecule has 0 aromatic heterocycles. The van der Waals surface area contributed by atoms with Crippen LogP contribution >= 0.6 is 0 Å². The van der Waals surface area contributed by atoms with Gasteiger partial charge in [-0.2, -0.15) is 0 Å². The van der Waals surface area contributed by atoms with Crippen LogP contribution in [0.4, 0.5) is 0 Å². The van der Waals surface area contributed by atoms with Gasteiger partial charge in [-0.3, -0.25) is 4.79 Å². The molecular formula is C17H22O4. The van der Waals surface area contributed by atoms with Gasteiger partial charge in [0.05, 0.1) is 5.92 Å².